The van der Waals surface area contributed by atoms with Crippen LogP contribution in [-0.2, 0) is 9.59 Å². The average Bonchev–Trinajstić information content (AvgIpc) is 3.11. The second kappa shape index (κ2) is 19.3. The Kier molecular flexibility index (Phi) is 14.6. The maximum absolute atomic E-state index is 12.9. The molecule has 0 N–H and O–H groups in total. The van der Waals surface area contributed by atoms with Crippen LogP contribution < -0.4 is 0 Å². The van der Waals surface area contributed by atoms with E-state index in [0.717, 1.165) is 133 Å². The highest BCUT2D eigenvalue weighted by Gasteiger charge is 2.20. The van der Waals surface area contributed by atoms with Gasteiger partial charge in [-0.15, -0.1) is 0 Å². The summed E-state index contributed by atoms with van der Waals surface area (Å²) in [5.74, 6) is 0.381. The molecule has 0 heterocycles. The standard InChI is InChI=1S/C42H50N4O2/c1-5-9-13-35-25-31(26-36(41(35)47)14-10-6-2)29-43-45-39-21-17-33(18-22-39)34-19-23-40(24-20-34)46-44-30-32-27-37(15-11-7-3)42(48)38(28-32)16-12-8-4/h17-30H,5-16H2,1-4H3/b45-43+,46-44+. The van der Waals surface area contributed by atoms with Crippen LogP contribution in [0.2, 0.25) is 0 Å². The van der Waals surface area contributed by atoms with Crippen molar-refractivity contribution in [2.24, 2.45) is 20.5 Å². The van der Waals surface area contributed by atoms with Crippen molar-refractivity contribution in [3.05, 3.63) is 119 Å². The number of ketones is 2. The Hall–Kier alpha value is -4.58. The van der Waals surface area contributed by atoms with E-state index in [1.54, 1.807) is 12.4 Å². The van der Waals surface area contributed by atoms with Crippen LogP contribution in [0.15, 0.2) is 139 Å². The zero-order valence-corrected chi connectivity index (χ0v) is 29.2. The fraction of sp³-hybridized carbons (Fsp3) is 0.381. The van der Waals surface area contributed by atoms with E-state index in [0.29, 0.717) is 0 Å². The van der Waals surface area contributed by atoms with Gasteiger partial charge in [0.05, 0.1) is 23.8 Å². The van der Waals surface area contributed by atoms with Gasteiger partial charge in [-0.25, -0.2) is 0 Å². The first-order chi connectivity index (χ1) is 23.4. The third-order valence-corrected chi connectivity index (χ3v) is 8.56. The van der Waals surface area contributed by atoms with E-state index in [9.17, 15) is 9.59 Å². The summed E-state index contributed by atoms with van der Waals surface area (Å²) in [7, 11) is 0. The van der Waals surface area contributed by atoms with Crippen molar-refractivity contribution in [3.63, 3.8) is 0 Å². The lowest BCUT2D eigenvalue weighted by atomic mass is 9.88. The number of azo groups is 2. The molecule has 0 atom stereocenters. The molecule has 48 heavy (non-hydrogen) atoms. The predicted octanol–water partition coefficient (Wildman–Crippen LogP) is 12.9. The summed E-state index contributed by atoms with van der Waals surface area (Å²) in [5.41, 5.74) is 9.02. The first-order valence-corrected chi connectivity index (χ1v) is 17.8. The van der Waals surface area contributed by atoms with Gasteiger partial charge < -0.3 is 0 Å². The molecule has 2 aliphatic rings. The summed E-state index contributed by atoms with van der Waals surface area (Å²) in [6, 6.07) is 15.9. The highest BCUT2D eigenvalue weighted by atomic mass is 16.1. The molecule has 6 heteroatoms. The molecule has 0 amide bonds. The smallest absolute Gasteiger partial charge is 0.185 e. The van der Waals surface area contributed by atoms with Crippen LogP contribution in [0.25, 0.3) is 11.1 Å². The molecule has 0 saturated carbocycles. The topological polar surface area (TPSA) is 83.6 Å². The van der Waals surface area contributed by atoms with Crippen LogP contribution in [0.3, 0.4) is 0 Å². The third kappa shape index (κ3) is 10.7. The fourth-order valence-corrected chi connectivity index (χ4v) is 5.69. The van der Waals surface area contributed by atoms with E-state index in [-0.39, 0.29) is 11.6 Å². The zero-order valence-electron chi connectivity index (χ0n) is 29.2. The predicted molar refractivity (Wildman–Crippen MR) is 198 cm³/mol. The lowest BCUT2D eigenvalue weighted by Gasteiger charge is -2.15. The Bertz CT molecular complexity index is 1480. The largest absolute Gasteiger partial charge is 0.289 e. The van der Waals surface area contributed by atoms with Crippen molar-refractivity contribution in [1.82, 2.24) is 0 Å². The number of carbonyl (C=O) groups is 2. The summed E-state index contributed by atoms with van der Waals surface area (Å²) < 4.78 is 0. The average molecular weight is 643 g/mol. The Balaban J connectivity index is 1.40. The van der Waals surface area contributed by atoms with Crippen LogP contribution >= 0.6 is 0 Å². The van der Waals surface area contributed by atoms with Gasteiger partial charge >= 0.3 is 0 Å². The van der Waals surface area contributed by atoms with E-state index >= 15 is 0 Å². The lowest BCUT2D eigenvalue weighted by molar-refractivity contribution is -0.113. The van der Waals surface area contributed by atoms with Gasteiger partial charge in [0.15, 0.2) is 11.6 Å². The monoisotopic (exact) mass is 642 g/mol. The van der Waals surface area contributed by atoms with Crippen molar-refractivity contribution in [2.45, 2.75) is 105 Å². The normalized spacial score (nSPS) is 15.2. The van der Waals surface area contributed by atoms with E-state index in [1.165, 1.54) is 0 Å². The molecular weight excluding hydrogens is 592 g/mol. The SMILES string of the molecule is CCCCC1=CC(=C/N=N/c2ccc(-c3ccc(/N=N/C=C4C=C(CCCC)C(=O)C(CCCC)=C4)cc3)cc2)C=C(CCCC)C1=O. The number of hydrogen-bond donors (Lipinski definition) is 0. The molecule has 4 rings (SSSR count). The van der Waals surface area contributed by atoms with Crippen LogP contribution in [0.5, 0.6) is 0 Å². The van der Waals surface area contributed by atoms with E-state index in [1.807, 2.05) is 72.8 Å². The molecule has 0 saturated heterocycles. The highest BCUT2D eigenvalue weighted by molar-refractivity contribution is 6.10. The van der Waals surface area contributed by atoms with E-state index < -0.39 is 0 Å². The first-order valence-electron chi connectivity index (χ1n) is 17.8. The molecule has 2 aromatic rings. The van der Waals surface area contributed by atoms with E-state index in [2.05, 4.69) is 48.2 Å². The maximum atomic E-state index is 12.9. The van der Waals surface area contributed by atoms with E-state index in [4.69, 9.17) is 0 Å². The first kappa shape index (κ1) is 36.3. The number of Topliss-reactive ketones (excluding diaryl/α,β-unsaturated/α-hetero) is 2. The molecule has 2 aromatic carbocycles. The Labute approximate surface area is 287 Å². The molecule has 250 valence electrons. The molecule has 6 nitrogen and oxygen atoms in total. The molecule has 0 bridgehead atoms. The molecule has 0 spiro atoms. The van der Waals surface area contributed by atoms with Gasteiger partial charge in [0, 0.05) is 22.3 Å². The summed E-state index contributed by atoms with van der Waals surface area (Å²) in [6.07, 6.45) is 22.8. The van der Waals surface area contributed by atoms with Gasteiger partial charge in [-0.3, -0.25) is 9.59 Å². The third-order valence-electron chi connectivity index (χ3n) is 8.56. The fourth-order valence-electron chi connectivity index (χ4n) is 5.69. The number of nitrogens with zero attached hydrogens (tertiary/aromatic N) is 4. The quantitative estimate of drug-likeness (QED) is 0.161. The maximum Gasteiger partial charge on any atom is 0.185 e. The molecule has 0 unspecified atom stereocenters. The van der Waals surface area contributed by atoms with Gasteiger partial charge in [0.1, 0.15) is 0 Å². The van der Waals surface area contributed by atoms with Crippen LogP contribution in [-0.4, -0.2) is 11.6 Å². The Morgan fingerprint density at radius 3 is 1.02 bits per heavy atom. The van der Waals surface area contributed by atoms with Crippen LogP contribution in [0, 0.1) is 0 Å². The second-order valence-electron chi connectivity index (χ2n) is 12.5. The lowest BCUT2D eigenvalue weighted by Crippen LogP contribution is -2.11. The summed E-state index contributed by atoms with van der Waals surface area (Å²) in [5, 5.41) is 17.5. The molecule has 0 radical (unpaired) electrons. The molecular formula is C42H50N4O2. The van der Waals surface area contributed by atoms with Crippen molar-refractivity contribution in [1.29, 1.82) is 0 Å². The van der Waals surface area contributed by atoms with Crippen molar-refractivity contribution in [2.75, 3.05) is 0 Å². The zero-order chi connectivity index (χ0) is 34.1. The number of carbonyl (C=O) groups excluding carboxylic acids is 2. The number of hydrogen-bond acceptors (Lipinski definition) is 6. The number of benzene rings is 2. The number of unbranched alkanes of at least 4 members (excludes halogenated alkanes) is 4. The number of allylic oxidation sites excluding steroid dienone is 10. The molecule has 0 fully saturated rings. The second-order valence-corrected chi connectivity index (χ2v) is 12.5. The Morgan fingerprint density at radius 1 is 0.458 bits per heavy atom. The Morgan fingerprint density at radius 2 is 0.750 bits per heavy atom. The minimum atomic E-state index is 0.190. The van der Waals surface area contributed by atoms with Crippen molar-refractivity contribution in [3.8, 4) is 11.1 Å². The summed E-state index contributed by atoms with van der Waals surface area (Å²) >= 11 is 0. The van der Waals surface area contributed by atoms with Gasteiger partial charge in [0.2, 0.25) is 0 Å². The molecule has 0 aliphatic heterocycles. The minimum absolute atomic E-state index is 0.190. The van der Waals surface area contributed by atoms with Gasteiger partial charge in [-0.2, -0.15) is 20.5 Å². The minimum Gasteiger partial charge on any atom is -0.289 e. The highest BCUT2D eigenvalue weighted by Crippen LogP contribution is 2.29. The summed E-state index contributed by atoms with van der Waals surface area (Å²) in [6.45, 7) is 8.57. The van der Waals surface area contributed by atoms with Crippen LogP contribution in [0.1, 0.15) is 105 Å². The van der Waals surface area contributed by atoms with Crippen LogP contribution in [0.4, 0.5) is 11.4 Å². The van der Waals surface area contributed by atoms with Gasteiger partial charge in [-0.05, 0) is 122 Å². The number of rotatable bonds is 17. The summed E-state index contributed by atoms with van der Waals surface area (Å²) in [4.78, 5) is 25.8. The molecule has 2 aliphatic carbocycles. The van der Waals surface area contributed by atoms with Crippen molar-refractivity contribution >= 4 is 22.9 Å². The molecule has 0 aromatic heterocycles. The van der Waals surface area contributed by atoms with Gasteiger partial charge in [0.25, 0.3) is 0 Å². The van der Waals surface area contributed by atoms with Gasteiger partial charge in [-0.1, -0.05) is 77.6 Å². The van der Waals surface area contributed by atoms with Crippen molar-refractivity contribution < 1.29 is 9.59 Å².